The van der Waals surface area contributed by atoms with E-state index in [0.29, 0.717) is 19.0 Å². The number of anilines is 1. The van der Waals surface area contributed by atoms with Gasteiger partial charge >= 0.3 is 12.3 Å². The zero-order chi connectivity index (χ0) is 29.0. The maximum absolute atomic E-state index is 12.6. The molecule has 0 atom stereocenters. The van der Waals surface area contributed by atoms with Crippen LogP contribution in [0.1, 0.15) is 51.3 Å². The van der Waals surface area contributed by atoms with Gasteiger partial charge in [0.2, 0.25) is 5.95 Å². The van der Waals surface area contributed by atoms with Crippen molar-refractivity contribution in [2.75, 3.05) is 11.4 Å². The van der Waals surface area contributed by atoms with Gasteiger partial charge in [-0.3, -0.25) is 0 Å². The highest BCUT2D eigenvalue weighted by atomic mass is 35.5. The molecule has 0 bridgehead atoms. The Labute approximate surface area is 230 Å². The quantitative estimate of drug-likeness (QED) is 0.273. The number of hydrogen-bond donors (Lipinski definition) is 1. The van der Waals surface area contributed by atoms with Gasteiger partial charge in [0.1, 0.15) is 11.5 Å². The summed E-state index contributed by atoms with van der Waals surface area (Å²) in [5.74, 6) is -0.708. The van der Waals surface area contributed by atoms with Crippen LogP contribution in [0.25, 0.3) is 0 Å². The van der Waals surface area contributed by atoms with Crippen LogP contribution in [-0.2, 0) is 23.2 Å². The monoisotopic (exact) mass is 565 g/mol. The van der Waals surface area contributed by atoms with Gasteiger partial charge in [-0.05, 0) is 61.2 Å². The van der Waals surface area contributed by atoms with E-state index in [9.17, 15) is 23.1 Å². The van der Waals surface area contributed by atoms with Crippen molar-refractivity contribution < 1.29 is 32.5 Å². The third-order valence-electron chi connectivity index (χ3n) is 6.09. The molecule has 0 aliphatic carbocycles. The molecule has 0 saturated heterocycles. The largest absolute Gasteiger partial charge is 0.573 e. The Morgan fingerprint density at radius 3 is 2.10 bits per heavy atom. The molecule has 0 spiro atoms. The van der Waals surface area contributed by atoms with Gasteiger partial charge in [0.25, 0.3) is 0 Å². The number of alkyl halides is 3. The molecule has 210 valence electrons. The molecule has 0 aliphatic heterocycles. The first kappa shape index (κ1) is 30.0. The number of aryl methyl sites for hydroxylation is 1. The fraction of sp³-hybridized carbons (Fsp3) is 0.393. The summed E-state index contributed by atoms with van der Waals surface area (Å²) in [6.45, 7) is 9.64. The van der Waals surface area contributed by atoms with Gasteiger partial charge in [0.05, 0.1) is 5.02 Å². The minimum Gasteiger partial charge on any atom is -0.478 e. The summed E-state index contributed by atoms with van der Waals surface area (Å²) in [6.07, 6.45) is -0.499. The van der Waals surface area contributed by atoms with Gasteiger partial charge in [-0.1, -0.05) is 50.6 Å². The zero-order valence-corrected chi connectivity index (χ0v) is 23.1. The Hall–Kier alpha value is -3.53. The average Bonchev–Trinajstić information content (AvgIpc) is 2.85. The molecule has 0 amide bonds. The molecule has 0 fully saturated rings. The molecular weight excluding hydrogens is 535 g/mol. The van der Waals surface area contributed by atoms with E-state index < -0.39 is 23.3 Å². The van der Waals surface area contributed by atoms with Crippen LogP contribution >= 0.6 is 11.6 Å². The van der Waals surface area contributed by atoms with Crippen LogP contribution in [0.5, 0.6) is 11.5 Å². The highest BCUT2D eigenvalue weighted by Crippen LogP contribution is 2.35. The predicted octanol–water partition coefficient (Wildman–Crippen LogP) is 6.82. The lowest BCUT2D eigenvalue weighted by molar-refractivity contribution is -0.274. The molecule has 1 N–H and O–H groups in total. The number of carboxylic acids is 1. The lowest BCUT2D eigenvalue weighted by atomic mass is 9.84. The van der Waals surface area contributed by atoms with Crippen LogP contribution in [0.2, 0.25) is 5.02 Å². The van der Waals surface area contributed by atoms with Crippen molar-refractivity contribution in [2.45, 2.75) is 65.0 Å². The molecule has 3 aromatic rings. The number of benzene rings is 2. The maximum Gasteiger partial charge on any atom is 0.573 e. The molecule has 0 saturated carbocycles. The molecule has 1 heterocycles. The van der Waals surface area contributed by atoms with E-state index in [4.69, 9.17) is 16.3 Å². The van der Waals surface area contributed by atoms with Gasteiger partial charge < -0.3 is 19.5 Å². The van der Waals surface area contributed by atoms with Gasteiger partial charge in [-0.2, -0.15) is 0 Å². The first-order chi connectivity index (χ1) is 18.1. The normalized spacial score (nSPS) is 12.2. The number of aromatic nitrogens is 2. The molecule has 0 unspecified atom stereocenters. The number of ether oxygens (including phenoxy) is 2. The third-order valence-corrected chi connectivity index (χ3v) is 6.39. The lowest BCUT2D eigenvalue weighted by Crippen LogP contribution is -2.38. The van der Waals surface area contributed by atoms with Crippen molar-refractivity contribution in [1.29, 1.82) is 0 Å². The van der Waals surface area contributed by atoms with E-state index in [1.165, 1.54) is 26.0 Å². The highest BCUT2D eigenvalue weighted by molar-refractivity contribution is 6.32. The number of aliphatic carboxylic acids is 1. The fourth-order valence-electron chi connectivity index (χ4n) is 3.80. The minimum absolute atomic E-state index is 0.250. The number of halogens is 4. The summed E-state index contributed by atoms with van der Waals surface area (Å²) >= 11 is 6.48. The van der Waals surface area contributed by atoms with Gasteiger partial charge in [0, 0.05) is 30.9 Å². The van der Waals surface area contributed by atoms with E-state index in [-0.39, 0.29) is 16.5 Å². The Morgan fingerprint density at radius 1 is 0.974 bits per heavy atom. The summed E-state index contributed by atoms with van der Waals surface area (Å²) in [6, 6.07) is 10.9. The SMILES string of the molecule is CCc1cnc(N(Cc2ccc(OC(F)(F)F)cc2)CC(C)(C)c2ccc(OC(C)(C)C(=O)O)c(Cl)c2)nc1. The minimum atomic E-state index is -4.77. The van der Waals surface area contributed by atoms with Crippen LogP contribution in [0.4, 0.5) is 19.1 Å². The Morgan fingerprint density at radius 2 is 1.59 bits per heavy atom. The predicted molar refractivity (Wildman–Crippen MR) is 142 cm³/mol. The van der Waals surface area contributed by atoms with E-state index in [0.717, 1.165) is 23.1 Å². The number of nitrogens with zero attached hydrogens (tertiary/aromatic N) is 3. The lowest BCUT2D eigenvalue weighted by Gasteiger charge is -2.34. The summed E-state index contributed by atoms with van der Waals surface area (Å²) < 4.78 is 47.3. The standard InChI is InChI=1S/C28H31ClF3N3O4/c1-6-18-14-33-25(34-15-18)35(16-19-7-10-21(11-8-19)38-28(30,31)32)17-26(2,3)20-9-12-23(22(29)13-20)39-27(4,5)24(36)37/h7-15H,6,16-17H2,1-5H3,(H,36,37). The van der Waals surface area contributed by atoms with Gasteiger partial charge in [-0.25, -0.2) is 14.8 Å². The first-order valence-corrected chi connectivity index (χ1v) is 12.6. The fourth-order valence-corrected chi connectivity index (χ4v) is 4.02. The van der Waals surface area contributed by atoms with E-state index in [2.05, 4.69) is 14.7 Å². The molecule has 11 heteroatoms. The van der Waals surface area contributed by atoms with Crippen LogP contribution in [-0.4, -0.2) is 39.6 Å². The number of rotatable bonds is 11. The smallest absolute Gasteiger partial charge is 0.478 e. The number of hydrogen-bond acceptors (Lipinski definition) is 6. The summed E-state index contributed by atoms with van der Waals surface area (Å²) in [5, 5.41) is 9.63. The van der Waals surface area contributed by atoms with Crippen molar-refractivity contribution >= 4 is 23.5 Å². The molecule has 3 rings (SSSR count). The van der Waals surface area contributed by atoms with E-state index in [1.807, 2.05) is 31.7 Å². The highest BCUT2D eigenvalue weighted by Gasteiger charge is 2.32. The molecule has 0 aliphatic rings. The maximum atomic E-state index is 12.6. The Bertz CT molecular complexity index is 1280. The van der Waals surface area contributed by atoms with Crippen molar-refractivity contribution in [3.8, 4) is 11.5 Å². The Kier molecular flexibility index (Phi) is 9.00. The topological polar surface area (TPSA) is 84.8 Å². The molecule has 39 heavy (non-hydrogen) atoms. The summed E-state index contributed by atoms with van der Waals surface area (Å²) in [7, 11) is 0. The van der Waals surface area contributed by atoms with Crippen LogP contribution in [0.3, 0.4) is 0 Å². The second kappa shape index (κ2) is 11.7. The van der Waals surface area contributed by atoms with Gasteiger partial charge in [-0.15, -0.1) is 13.2 Å². The molecule has 0 radical (unpaired) electrons. The third kappa shape index (κ3) is 8.23. The Balaban J connectivity index is 1.88. The van der Waals surface area contributed by atoms with Crippen molar-refractivity contribution in [3.05, 3.63) is 76.6 Å². The number of carbonyl (C=O) groups is 1. The first-order valence-electron chi connectivity index (χ1n) is 12.2. The van der Waals surface area contributed by atoms with E-state index >= 15 is 0 Å². The van der Waals surface area contributed by atoms with Crippen molar-refractivity contribution in [1.82, 2.24) is 9.97 Å². The van der Waals surface area contributed by atoms with Crippen molar-refractivity contribution in [2.24, 2.45) is 0 Å². The zero-order valence-electron chi connectivity index (χ0n) is 22.3. The summed E-state index contributed by atoms with van der Waals surface area (Å²) in [4.78, 5) is 22.4. The summed E-state index contributed by atoms with van der Waals surface area (Å²) in [5.41, 5.74) is 0.605. The van der Waals surface area contributed by atoms with Crippen molar-refractivity contribution in [3.63, 3.8) is 0 Å². The van der Waals surface area contributed by atoms with Crippen LogP contribution in [0.15, 0.2) is 54.9 Å². The molecule has 2 aromatic carbocycles. The van der Waals surface area contributed by atoms with E-state index in [1.54, 1.807) is 36.7 Å². The average molecular weight is 566 g/mol. The van der Waals surface area contributed by atoms with Gasteiger partial charge in [0.15, 0.2) is 5.60 Å². The number of carboxylic acid groups (broad SMARTS) is 1. The second-order valence-electron chi connectivity index (χ2n) is 10.2. The second-order valence-corrected chi connectivity index (χ2v) is 10.6. The molecule has 7 nitrogen and oxygen atoms in total. The molecule has 1 aromatic heterocycles. The van der Waals surface area contributed by atoms with Crippen LogP contribution < -0.4 is 14.4 Å². The molecular formula is C28H31ClF3N3O4. The van der Waals surface area contributed by atoms with Crippen LogP contribution in [0, 0.1) is 0 Å².